The normalized spacial score (nSPS) is 35.5. The number of piperidine rings is 4. The molecule has 12 nitrogen and oxygen atoms in total. The van der Waals surface area contributed by atoms with Gasteiger partial charge < -0.3 is 39.8 Å². The minimum atomic E-state index is -0.589. The first-order valence-corrected chi connectivity index (χ1v) is 25.5. The Labute approximate surface area is 385 Å². The fraction of sp³-hybridized carbons (Fsp3) is 1.00. The lowest BCUT2D eigenvalue weighted by atomic mass is 9.73. The summed E-state index contributed by atoms with van der Waals surface area (Å²) >= 11 is 0. The van der Waals surface area contributed by atoms with E-state index < -0.39 is 6.29 Å². The molecule has 8 N–H and O–H groups in total. The van der Waals surface area contributed by atoms with Crippen molar-refractivity contribution in [3.8, 4) is 0 Å². The lowest BCUT2D eigenvalue weighted by Gasteiger charge is -2.52. The van der Waals surface area contributed by atoms with Crippen LogP contribution >= 0.6 is 0 Å². The zero-order valence-electron chi connectivity index (χ0n) is 44.0. The van der Waals surface area contributed by atoms with Crippen molar-refractivity contribution in [2.75, 3.05) is 6.61 Å². The Hall–Kier alpha value is -0.480. The number of rotatable bonds is 20. The third kappa shape index (κ3) is 13.2. The van der Waals surface area contributed by atoms with Gasteiger partial charge in [0.25, 0.3) is 0 Å². The molecule has 0 aliphatic carbocycles. The second-order valence-corrected chi connectivity index (χ2v) is 25.2. The van der Waals surface area contributed by atoms with Crippen LogP contribution in [0.3, 0.4) is 0 Å². The van der Waals surface area contributed by atoms with Crippen LogP contribution in [0.2, 0.25) is 0 Å². The van der Waals surface area contributed by atoms with Gasteiger partial charge in [0.1, 0.15) is 6.10 Å². The molecule has 9 unspecified atom stereocenters. The Kier molecular flexibility index (Phi) is 18.8. The largest absolute Gasteiger partial charge is 0.378 e. The summed E-state index contributed by atoms with van der Waals surface area (Å²) in [6.45, 7) is 40.5. The number of hydroxylamine groups is 8. The summed E-state index contributed by atoms with van der Waals surface area (Å²) in [6, 6.07) is 0.147. The molecule has 0 saturated carbocycles. The maximum Gasteiger partial charge on any atom is 0.184 e. The predicted molar refractivity (Wildman–Crippen MR) is 258 cm³/mol. The summed E-state index contributed by atoms with van der Waals surface area (Å²) in [5.41, 5.74) is -1.83. The van der Waals surface area contributed by atoms with E-state index in [1.807, 2.05) is 20.3 Å². The molecule has 0 aromatic carbocycles. The Morgan fingerprint density at radius 1 is 0.460 bits per heavy atom. The minimum Gasteiger partial charge on any atom is -0.378 e. The van der Waals surface area contributed by atoms with E-state index in [2.05, 4.69) is 125 Å². The summed E-state index contributed by atoms with van der Waals surface area (Å²) < 4.78 is 28.7. The molecule has 4 rings (SSSR count). The molecular formula is C51H104N4O8+4. The molecular weight excluding hydrogens is 797 g/mol. The van der Waals surface area contributed by atoms with Crippen LogP contribution < -0.4 is 0 Å². The van der Waals surface area contributed by atoms with E-state index in [0.717, 1.165) is 96.5 Å². The van der Waals surface area contributed by atoms with Crippen molar-refractivity contribution in [2.24, 2.45) is 23.7 Å². The first-order chi connectivity index (χ1) is 28.9. The molecule has 12 heteroatoms. The quantitative estimate of drug-likeness (QED) is 0.0673. The van der Waals surface area contributed by atoms with Crippen molar-refractivity contribution in [1.82, 2.24) is 20.3 Å². The summed E-state index contributed by atoms with van der Waals surface area (Å²) in [5, 5.41) is 43.7. The lowest BCUT2D eigenvalue weighted by Crippen LogP contribution is -2.64. The van der Waals surface area contributed by atoms with Gasteiger partial charge in [0, 0.05) is 6.61 Å². The summed E-state index contributed by atoms with van der Waals surface area (Å²) in [7, 11) is 0. The van der Waals surface area contributed by atoms with Gasteiger partial charge in [0.05, 0.1) is 69.7 Å². The highest BCUT2D eigenvalue weighted by molar-refractivity contribution is 5.03. The van der Waals surface area contributed by atoms with Gasteiger partial charge in [-0.1, -0.05) is 101 Å². The molecule has 4 heterocycles. The van der Waals surface area contributed by atoms with E-state index in [9.17, 15) is 5.21 Å². The highest BCUT2D eigenvalue weighted by Crippen LogP contribution is 2.45. The van der Waals surface area contributed by atoms with E-state index in [-0.39, 0.29) is 81.8 Å². The Morgan fingerprint density at radius 3 is 1.27 bits per heavy atom. The van der Waals surface area contributed by atoms with E-state index in [1.165, 1.54) is 0 Å². The lowest BCUT2D eigenvalue weighted by molar-refractivity contribution is -0.316. The van der Waals surface area contributed by atoms with Crippen LogP contribution in [0, 0.1) is 23.7 Å². The number of ether oxygens (including phenoxy) is 4. The Balaban J connectivity index is 1.55. The first kappa shape index (κ1) is 55.1. The van der Waals surface area contributed by atoms with Crippen LogP contribution in [0.1, 0.15) is 215 Å². The van der Waals surface area contributed by atoms with Gasteiger partial charge in [0.2, 0.25) is 0 Å². The van der Waals surface area contributed by atoms with Crippen molar-refractivity contribution in [1.29, 1.82) is 0 Å². The van der Waals surface area contributed by atoms with Crippen LogP contribution in [0.25, 0.3) is 0 Å². The average Bonchev–Trinajstić information content (AvgIpc) is 3.14. The van der Waals surface area contributed by atoms with E-state index in [0.29, 0.717) is 17.8 Å². The third-order valence-electron chi connectivity index (χ3n) is 16.7. The van der Waals surface area contributed by atoms with Crippen molar-refractivity contribution < 1.29 is 39.8 Å². The maximum atomic E-state index is 9.26. The monoisotopic (exact) mass is 901 g/mol. The standard InChI is InChI=1S/C51H100N4O8/c1-34(2)42-26-38(28-46(9,10)52(42)56)62-45(63-39-27-43(35(3)4)53(57)47(11,12)29-39)44(61-41-31-49(15,16)55(59)51(18,33-41)37(7)8)24-22-20-19-21-23-25-60-40-30-48(13,14)54(58)50(17,32-40)36(5)6/h34-45,56-59H,19-33H2,1-18H3/p+4. The predicted octanol–water partition coefficient (Wildman–Crippen LogP) is 8.50. The SMILES string of the molecule is CC(C)C1CC(OC(OC2CC(C(C)C)N([OH2+])C(C)(C)C2)C(CCCCCCCOC2CC(C)(C)N([OH2+])C(C)(C(C)C)C2)OC2CC(C)(C)N([OH2+])C(C)(C(C)C)C2)CC(C)(C)N1[OH2+]. The number of unbranched alkanes of at least 4 members (excludes halogenated alkanes) is 4. The van der Waals surface area contributed by atoms with Crippen LogP contribution in [0.5, 0.6) is 0 Å². The molecule has 4 fully saturated rings. The molecule has 0 spiro atoms. The minimum absolute atomic E-state index is 0.0554. The smallest absolute Gasteiger partial charge is 0.184 e. The molecule has 0 aromatic heterocycles. The van der Waals surface area contributed by atoms with Gasteiger partial charge in [-0.25, -0.2) is 0 Å². The Morgan fingerprint density at radius 2 is 0.841 bits per heavy atom. The topological polar surface area (TPSA) is 141 Å². The van der Waals surface area contributed by atoms with E-state index >= 15 is 0 Å². The van der Waals surface area contributed by atoms with Gasteiger partial charge >= 0.3 is 0 Å². The second kappa shape index (κ2) is 21.4. The molecule has 4 aliphatic rings. The molecule has 4 saturated heterocycles. The van der Waals surface area contributed by atoms with Gasteiger partial charge in [-0.05, 0) is 157 Å². The number of nitrogens with zero attached hydrogens (tertiary/aromatic N) is 4. The fourth-order valence-corrected chi connectivity index (χ4v) is 11.9. The molecule has 0 aromatic rings. The molecule has 0 radical (unpaired) electrons. The van der Waals surface area contributed by atoms with Gasteiger partial charge in [-0.3, -0.25) is 0 Å². The van der Waals surface area contributed by atoms with E-state index in [4.69, 9.17) is 34.6 Å². The molecule has 9 atom stereocenters. The summed E-state index contributed by atoms with van der Waals surface area (Å²) in [5.74, 6) is 1.28. The molecule has 63 heavy (non-hydrogen) atoms. The average molecular weight is 901 g/mol. The van der Waals surface area contributed by atoms with E-state index in [1.54, 1.807) is 0 Å². The molecule has 0 bridgehead atoms. The zero-order chi connectivity index (χ0) is 47.7. The highest BCUT2D eigenvalue weighted by atomic mass is 16.7. The Bertz CT molecular complexity index is 1360. The molecule has 372 valence electrons. The number of hydrogen-bond donors (Lipinski definition) is 0. The van der Waals surface area contributed by atoms with Crippen molar-refractivity contribution in [3.05, 3.63) is 0 Å². The second-order valence-electron chi connectivity index (χ2n) is 25.2. The number of hydrogen-bond acceptors (Lipinski definition) is 8. The maximum absolute atomic E-state index is 9.26. The van der Waals surface area contributed by atoms with Crippen LogP contribution in [-0.4, -0.2) is 130 Å². The van der Waals surface area contributed by atoms with Gasteiger partial charge in [-0.2, -0.15) is 0 Å². The zero-order valence-corrected chi connectivity index (χ0v) is 44.0. The van der Waals surface area contributed by atoms with Crippen LogP contribution in [0.15, 0.2) is 0 Å². The summed E-state index contributed by atoms with van der Waals surface area (Å²) in [6.07, 6.45) is 11.6. The van der Waals surface area contributed by atoms with Crippen molar-refractivity contribution >= 4 is 0 Å². The van der Waals surface area contributed by atoms with Crippen LogP contribution in [0.4, 0.5) is 0 Å². The van der Waals surface area contributed by atoms with Crippen molar-refractivity contribution in [3.63, 3.8) is 0 Å². The summed E-state index contributed by atoms with van der Waals surface area (Å²) in [4.78, 5) is 0. The van der Waals surface area contributed by atoms with Gasteiger partial charge in [-0.15, -0.1) is 0 Å². The van der Waals surface area contributed by atoms with Crippen LogP contribution in [-0.2, 0) is 18.9 Å². The highest BCUT2D eigenvalue weighted by Gasteiger charge is 2.55. The molecule has 0 amide bonds. The van der Waals surface area contributed by atoms with Gasteiger partial charge in [0.15, 0.2) is 6.29 Å². The molecule has 4 aliphatic heterocycles. The fourth-order valence-electron chi connectivity index (χ4n) is 11.9. The third-order valence-corrected chi connectivity index (χ3v) is 16.7. The van der Waals surface area contributed by atoms with Crippen molar-refractivity contribution in [2.45, 2.75) is 297 Å². The first-order valence-electron chi connectivity index (χ1n) is 25.5.